The molecule has 1 aliphatic rings. The van der Waals surface area contributed by atoms with Crippen LogP contribution in [0.15, 0.2) is 78.9 Å². The van der Waals surface area contributed by atoms with Crippen LogP contribution in [-0.4, -0.2) is 36.9 Å². The Balaban J connectivity index is 0.000000176. The maximum Gasteiger partial charge on any atom is 0.222 e. The van der Waals surface area contributed by atoms with Crippen molar-refractivity contribution in [2.45, 2.75) is 20.1 Å². The minimum Gasteiger partial charge on any atom is -0.346 e. The molecule has 0 amide bonds. The lowest BCUT2D eigenvalue weighted by Gasteiger charge is -2.16. The molecule has 0 aromatic heterocycles. The molecule has 3 aromatic carbocycles. The van der Waals surface area contributed by atoms with Gasteiger partial charge in [0.15, 0.2) is 11.6 Å². The zero-order valence-electron chi connectivity index (χ0n) is 17.5. The van der Waals surface area contributed by atoms with Crippen LogP contribution in [-0.2, 0) is 9.47 Å². The molecule has 5 heteroatoms. The highest BCUT2D eigenvalue weighted by molar-refractivity contribution is 6.28. The molecule has 31 heavy (non-hydrogen) atoms. The molecule has 1 aliphatic carbocycles. The number of Topliss-reactive ketones (excluding diaryl/α,β-unsaturated/α-hetero) is 1. The van der Waals surface area contributed by atoms with Gasteiger partial charge in [-0.05, 0) is 13.8 Å². The van der Waals surface area contributed by atoms with Gasteiger partial charge in [-0.25, -0.2) is 0 Å². The van der Waals surface area contributed by atoms with Crippen molar-refractivity contribution in [3.8, 4) is 0 Å². The Morgan fingerprint density at radius 3 is 1.35 bits per heavy atom. The van der Waals surface area contributed by atoms with E-state index in [0.717, 1.165) is 0 Å². The first kappa shape index (κ1) is 22.3. The lowest BCUT2D eigenvalue weighted by atomic mass is 9.84. The summed E-state index contributed by atoms with van der Waals surface area (Å²) in [5.74, 6) is -0.254. The molecule has 0 aliphatic heterocycles. The maximum absolute atomic E-state index is 12.1. The number of carbonyl (C=O) groups excluding carboxylic acids is 3. The van der Waals surface area contributed by atoms with Gasteiger partial charge in [-0.15, -0.1) is 0 Å². The van der Waals surface area contributed by atoms with E-state index in [0.29, 0.717) is 41.0 Å². The molecule has 0 radical (unpaired) electrons. The third-order valence-electron chi connectivity index (χ3n) is 4.74. The SMILES string of the molecule is CCOC(OCC)C(=O)c1ccccc1.O=C1c2ccccc2C(=O)c2ccccc21. The molecule has 0 saturated carbocycles. The summed E-state index contributed by atoms with van der Waals surface area (Å²) >= 11 is 0. The van der Waals surface area contributed by atoms with Crippen molar-refractivity contribution in [3.05, 3.63) is 107 Å². The summed E-state index contributed by atoms with van der Waals surface area (Å²) in [6.45, 7) is 4.60. The maximum atomic E-state index is 12.1. The van der Waals surface area contributed by atoms with E-state index in [-0.39, 0.29) is 17.3 Å². The Morgan fingerprint density at radius 2 is 1.00 bits per heavy atom. The third kappa shape index (κ3) is 5.02. The topological polar surface area (TPSA) is 69.7 Å². The zero-order valence-corrected chi connectivity index (χ0v) is 17.5. The highest BCUT2D eigenvalue weighted by Crippen LogP contribution is 2.26. The minimum absolute atomic E-state index is 0.0641. The van der Waals surface area contributed by atoms with Crippen LogP contribution in [0.5, 0.6) is 0 Å². The fourth-order valence-corrected chi connectivity index (χ4v) is 3.29. The van der Waals surface area contributed by atoms with E-state index in [1.165, 1.54) is 0 Å². The smallest absolute Gasteiger partial charge is 0.222 e. The van der Waals surface area contributed by atoms with Crippen molar-refractivity contribution in [2.24, 2.45) is 0 Å². The van der Waals surface area contributed by atoms with Crippen molar-refractivity contribution < 1.29 is 23.9 Å². The van der Waals surface area contributed by atoms with E-state index in [4.69, 9.17) is 9.47 Å². The van der Waals surface area contributed by atoms with Crippen LogP contribution in [0.2, 0.25) is 0 Å². The van der Waals surface area contributed by atoms with Crippen LogP contribution < -0.4 is 0 Å². The summed E-state index contributed by atoms with van der Waals surface area (Å²) in [6, 6.07) is 22.9. The Labute approximate surface area is 181 Å². The number of carbonyl (C=O) groups is 3. The number of hydrogen-bond acceptors (Lipinski definition) is 5. The number of fused-ring (bicyclic) bond motifs is 2. The normalized spacial score (nSPS) is 12.0. The molecule has 158 valence electrons. The zero-order chi connectivity index (χ0) is 22.2. The average molecular weight is 416 g/mol. The second-order valence-corrected chi connectivity index (χ2v) is 6.72. The Hall–Kier alpha value is -3.41. The lowest BCUT2D eigenvalue weighted by Crippen LogP contribution is -2.27. The summed E-state index contributed by atoms with van der Waals surface area (Å²) < 4.78 is 10.5. The number of ether oxygens (including phenoxy) is 2. The number of ketones is 3. The molecule has 0 bridgehead atoms. The summed E-state index contributed by atoms with van der Waals surface area (Å²) in [4.78, 5) is 36.1. The van der Waals surface area contributed by atoms with Crippen LogP contribution in [0, 0.1) is 0 Å². The van der Waals surface area contributed by atoms with Gasteiger partial charge in [0.1, 0.15) is 0 Å². The largest absolute Gasteiger partial charge is 0.346 e. The van der Waals surface area contributed by atoms with Crippen molar-refractivity contribution in [2.75, 3.05) is 13.2 Å². The van der Waals surface area contributed by atoms with Gasteiger partial charge in [-0.2, -0.15) is 0 Å². The van der Waals surface area contributed by atoms with E-state index in [1.54, 1.807) is 60.7 Å². The van der Waals surface area contributed by atoms with E-state index in [1.807, 2.05) is 32.0 Å². The summed E-state index contributed by atoms with van der Waals surface area (Å²) in [5.41, 5.74) is 2.64. The molecule has 0 spiro atoms. The van der Waals surface area contributed by atoms with E-state index >= 15 is 0 Å². The van der Waals surface area contributed by atoms with Crippen molar-refractivity contribution in [3.63, 3.8) is 0 Å². The molecular formula is C26H24O5. The highest BCUT2D eigenvalue weighted by atomic mass is 16.7. The van der Waals surface area contributed by atoms with Crippen molar-refractivity contribution >= 4 is 17.3 Å². The lowest BCUT2D eigenvalue weighted by molar-refractivity contribution is -0.107. The molecule has 0 saturated heterocycles. The van der Waals surface area contributed by atoms with Gasteiger partial charge in [-0.3, -0.25) is 14.4 Å². The van der Waals surface area contributed by atoms with Crippen LogP contribution in [0.25, 0.3) is 0 Å². The van der Waals surface area contributed by atoms with Crippen LogP contribution in [0.3, 0.4) is 0 Å². The van der Waals surface area contributed by atoms with Gasteiger partial charge in [0, 0.05) is 41.0 Å². The van der Waals surface area contributed by atoms with Gasteiger partial charge < -0.3 is 9.47 Å². The first-order valence-corrected chi connectivity index (χ1v) is 10.2. The predicted octanol–water partition coefficient (Wildman–Crippen LogP) is 4.73. The number of rotatable bonds is 6. The molecule has 5 nitrogen and oxygen atoms in total. The van der Waals surface area contributed by atoms with Crippen molar-refractivity contribution in [1.82, 2.24) is 0 Å². The average Bonchev–Trinajstić information content (AvgIpc) is 2.83. The summed E-state index contributed by atoms with van der Waals surface area (Å²) in [5, 5.41) is 0. The highest BCUT2D eigenvalue weighted by Gasteiger charge is 2.28. The fourth-order valence-electron chi connectivity index (χ4n) is 3.29. The molecule has 0 atom stereocenters. The molecule has 4 rings (SSSR count). The second-order valence-electron chi connectivity index (χ2n) is 6.72. The van der Waals surface area contributed by atoms with Gasteiger partial charge >= 0.3 is 0 Å². The van der Waals surface area contributed by atoms with Gasteiger partial charge in [0.25, 0.3) is 0 Å². The Kier molecular flexibility index (Phi) is 7.60. The van der Waals surface area contributed by atoms with Crippen LogP contribution in [0.1, 0.15) is 56.0 Å². The molecular weight excluding hydrogens is 392 g/mol. The third-order valence-corrected chi connectivity index (χ3v) is 4.74. The Morgan fingerprint density at radius 1 is 0.645 bits per heavy atom. The molecule has 3 aromatic rings. The number of hydrogen-bond donors (Lipinski definition) is 0. The van der Waals surface area contributed by atoms with E-state index in [9.17, 15) is 14.4 Å². The fraction of sp³-hybridized carbons (Fsp3) is 0.192. The molecule has 0 fully saturated rings. The number of benzene rings is 3. The Bertz CT molecular complexity index is 960. The quantitative estimate of drug-likeness (QED) is 0.336. The standard InChI is InChI=1S/C14H8O2.C12H16O3/c15-13-9-5-1-2-6-10(9)14(16)12-8-4-3-7-11(12)13;1-3-14-12(15-4-2)11(13)10-8-6-5-7-9-10/h1-8H;5-9,12H,3-4H2,1-2H3. The first-order valence-electron chi connectivity index (χ1n) is 10.2. The second kappa shape index (κ2) is 10.6. The van der Waals surface area contributed by atoms with Gasteiger partial charge in [-0.1, -0.05) is 78.9 Å². The molecule has 0 unspecified atom stereocenters. The van der Waals surface area contributed by atoms with Crippen LogP contribution >= 0.6 is 0 Å². The predicted molar refractivity (Wildman–Crippen MR) is 118 cm³/mol. The monoisotopic (exact) mass is 416 g/mol. The van der Waals surface area contributed by atoms with Crippen molar-refractivity contribution in [1.29, 1.82) is 0 Å². The summed E-state index contributed by atoms with van der Waals surface area (Å²) in [7, 11) is 0. The van der Waals surface area contributed by atoms with E-state index < -0.39 is 6.29 Å². The first-order chi connectivity index (χ1) is 15.1. The minimum atomic E-state index is -0.776. The van der Waals surface area contributed by atoms with E-state index in [2.05, 4.69) is 0 Å². The molecule has 0 N–H and O–H groups in total. The summed E-state index contributed by atoms with van der Waals surface area (Å²) in [6.07, 6.45) is -0.776. The van der Waals surface area contributed by atoms with Gasteiger partial charge in [0.05, 0.1) is 0 Å². The van der Waals surface area contributed by atoms with Gasteiger partial charge in [0.2, 0.25) is 12.1 Å². The molecule has 0 heterocycles. The van der Waals surface area contributed by atoms with Crippen LogP contribution in [0.4, 0.5) is 0 Å².